The van der Waals surface area contributed by atoms with Crippen LogP contribution in [0.4, 0.5) is 4.39 Å². The van der Waals surface area contributed by atoms with Crippen molar-refractivity contribution in [2.45, 2.75) is 4.90 Å². The first-order valence-corrected chi connectivity index (χ1v) is 4.15. The highest BCUT2D eigenvalue weighted by Gasteiger charge is 2.00. The van der Waals surface area contributed by atoms with Crippen molar-refractivity contribution in [3.05, 3.63) is 24.0 Å². The van der Waals surface area contributed by atoms with Crippen LogP contribution >= 0.6 is 21.7 Å². The second-order valence-electron chi connectivity index (χ2n) is 1.69. The number of phenolic OH excluding ortho intramolecular Hbond substituents is 1. The molecule has 0 aliphatic rings. The van der Waals surface area contributed by atoms with E-state index in [1.165, 1.54) is 12.1 Å². The molecule has 0 atom stereocenters. The molecule has 54 valence electrons. The summed E-state index contributed by atoms with van der Waals surface area (Å²) in [6, 6.07) is 3.82. The van der Waals surface area contributed by atoms with Crippen molar-refractivity contribution in [1.82, 2.24) is 0 Å². The SMILES string of the molecule is Oc1ccc(SCl)c(F)c1. The molecule has 0 fully saturated rings. The third-order valence-electron chi connectivity index (χ3n) is 0.999. The third-order valence-corrected chi connectivity index (χ3v) is 1.99. The van der Waals surface area contributed by atoms with Crippen LogP contribution in [0, 0.1) is 5.82 Å². The smallest absolute Gasteiger partial charge is 0.141 e. The first-order valence-electron chi connectivity index (χ1n) is 2.51. The Kier molecular flexibility index (Phi) is 2.40. The van der Waals surface area contributed by atoms with Crippen molar-refractivity contribution in [3.8, 4) is 5.75 Å². The molecule has 0 aliphatic heterocycles. The van der Waals surface area contributed by atoms with Crippen molar-refractivity contribution in [2.24, 2.45) is 0 Å². The van der Waals surface area contributed by atoms with Gasteiger partial charge in [-0.3, -0.25) is 0 Å². The molecule has 0 saturated carbocycles. The lowest BCUT2D eigenvalue weighted by atomic mass is 10.3. The number of benzene rings is 1. The van der Waals surface area contributed by atoms with Gasteiger partial charge in [-0.25, -0.2) is 4.39 Å². The van der Waals surface area contributed by atoms with Crippen LogP contribution in [-0.2, 0) is 0 Å². The molecular formula is C6H4ClFOS. The number of hydrogen-bond donors (Lipinski definition) is 1. The molecule has 0 aromatic heterocycles. The summed E-state index contributed by atoms with van der Waals surface area (Å²) in [5.74, 6) is -0.591. The maximum absolute atomic E-state index is 12.6. The van der Waals surface area contributed by atoms with Gasteiger partial charge in [0.25, 0.3) is 0 Å². The molecule has 0 heterocycles. The highest BCUT2D eigenvalue weighted by Crippen LogP contribution is 2.27. The van der Waals surface area contributed by atoms with E-state index in [1.54, 1.807) is 0 Å². The van der Waals surface area contributed by atoms with Crippen LogP contribution in [0.1, 0.15) is 0 Å². The van der Waals surface area contributed by atoms with Gasteiger partial charge in [0, 0.05) is 6.07 Å². The van der Waals surface area contributed by atoms with Gasteiger partial charge >= 0.3 is 0 Å². The van der Waals surface area contributed by atoms with Gasteiger partial charge in [-0.15, -0.1) is 0 Å². The van der Waals surface area contributed by atoms with Crippen LogP contribution in [0.25, 0.3) is 0 Å². The van der Waals surface area contributed by atoms with Crippen LogP contribution in [0.3, 0.4) is 0 Å². The first-order chi connectivity index (χ1) is 4.74. The van der Waals surface area contributed by atoms with Crippen LogP contribution < -0.4 is 0 Å². The number of phenols is 1. The Balaban J connectivity index is 3.07. The second kappa shape index (κ2) is 3.12. The van der Waals surface area contributed by atoms with Gasteiger partial charge < -0.3 is 5.11 Å². The zero-order chi connectivity index (χ0) is 7.56. The van der Waals surface area contributed by atoms with Gasteiger partial charge in [0.1, 0.15) is 11.6 Å². The van der Waals surface area contributed by atoms with Crippen molar-refractivity contribution in [1.29, 1.82) is 0 Å². The maximum Gasteiger partial charge on any atom is 0.141 e. The summed E-state index contributed by atoms with van der Waals surface area (Å²) >= 11 is 0. The molecule has 10 heavy (non-hydrogen) atoms. The molecule has 4 heteroatoms. The van der Waals surface area contributed by atoms with Crippen molar-refractivity contribution >= 4 is 21.7 Å². The molecule has 0 spiro atoms. The molecule has 0 amide bonds. The highest BCUT2D eigenvalue weighted by atomic mass is 35.7. The van der Waals surface area contributed by atoms with Crippen LogP contribution in [0.2, 0.25) is 0 Å². The van der Waals surface area contributed by atoms with E-state index in [0.717, 1.165) is 17.0 Å². The zero-order valence-electron chi connectivity index (χ0n) is 4.84. The van der Waals surface area contributed by atoms with Crippen molar-refractivity contribution < 1.29 is 9.50 Å². The summed E-state index contributed by atoms with van der Waals surface area (Å²) in [5.41, 5.74) is 0. The van der Waals surface area contributed by atoms with Crippen LogP contribution in [0.5, 0.6) is 5.75 Å². The first kappa shape index (κ1) is 7.69. The van der Waals surface area contributed by atoms with E-state index >= 15 is 0 Å². The predicted molar refractivity (Wildman–Crippen MR) is 39.8 cm³/mol. The molecule has 1 nitrogen and oxygen atoms in total. The predicted octanol–water partition coefficient (Wildman–Crippen LogP) is 2.78. The Morgan fingerprint density at radius 2 is 2.20 bits per heavy atom. The third kappa shape index (κ3) is 1.55. The van der Waals surface area contributed by atoms with Crippen LogP contribution in [0.15, 0.2) is 23.1 Å². The fraction of sp³-hybridized carbons (Fsp3) is 0. The van der Waals surface area contributed by atoms with Gasteiger partial charge in [-0.2, -0.15) is 0 Å². The Morgan fingerprint density at radius 3 is 2.70 bits per heavy atom. The molecule has 1 rings (SSSR count). The summed E-state index contributed by atoms with van der Waals surface area (Å²) in [6.07, 6.45) is 0. The molecule has 1 N–H and O–H groups in total. The van der Waals surface area contributed by atoms with E-state index in [1.807, 2.05) is 0 Å². The van der Waals surface area contributed by atoms with E-state index in [4.69, 9.17) is 15.8 Å². The van der Waals surface area contributed by atoms with Gasteiger partial charge in [-0.05, 0) is 33.8 Å². The normalized spacial score (nSPS) is 9.80. The lowest BCUT2D eigenvalue weighted by Crippen LogP contribution is -1.76. The molecular weight excluding hydrogens is 175 g/mol. The van der Waals surface area contributed by atoms with Crippen molar-refractivity contribution in [2.75, 3.05) is 0 Å². The maximum atomic E-state index is 12.6. The Morgan fingerprint density at radius 1 is 1.50 bits per heavy atom. The highest BCUT2D eigenvalue weighted by molar-refractivity contribution is 8.21. The van der Waals surface area contributed by atoms with E-state index in [0.29, 0.717) is 4.90 Å². The molecule has 1 aromatic carbocycles. The minimum atomic E-state index is -0.500. The molecule has 0 unspecified atom stereocenters. The van der Waals surface area contributed by atoms with Crippen molar-refractivity contribution in [3.63, 3.8) is 0 Å². The Bertz CT molecular complexity index is 241. The zero-order valence-corrected chi connectivity index (χ0v) is 6.42. The lowest BCUT2D eigenvalue weighted by Gasteiger charge is -1.95. The monoisotopic (exact) mass is 178 g/mol. The fourth-order valence-electron chi connectivity index (χ4n) is 0.552. The van der Waals surface area contributed by atoms with E-state index < -0.39 is 5.82 Å². The van der Waals surface area contributed by atoms with Crippen LogP contribution in [-0.4, -0.2) is 5.11 Å². The summed E-state index contributed by atoms with van der Waals surface area (Å²) in [4.78, 5) is 0.319. The summed E-state index contributed by atoms with van der Waals surface area (Å²) < 4.78 is 12.6. The van der Waals surface area contributed by atoms with Gasteiger partial charge in [0.15, 0.2) is 0 Å². The molecule has 0 bridgehead atoms. The topological polar surface area (TPSA) is 20.2 Å². The minimum Gasteiger partial charge on any atom is -0.508 e. The summed E-state index contributed by atoms with van der Waals surface area (Å²) in [7, 11) is 6.07. The number of aromatic hydroxyl groups is 1. The number of rotatable bonds is 1. The standard InChI is InChI=1S/C6H4ClFOS/c7-10-6-2-1-4(9)3-5(6)8/h1-3,9H. The molecule has 0 radical (unpaired) electrons. The lowest BCUT2D eigenvalue weighted by molar-refractivity contribution is 0.466. The number of hydrogen-bond acceptors (Lipinski definition) is 2. The summed E-state index contributed by atoms with van der Waals surface area (Å²) in [5, 5.41) is 8.74. The summed E-state index contributed by atoms with van der Waals surface area (Å²) in [6.45, 7) is 0. The van der Waals surface area contributed by atoms with E-state index in [2.05, 4.69) is 0 Å². The fourth-order valence-corrected chi connectivity index (χ4v) is 1.18. The minimum absolute atomic E-state index is 0.0908. The molecule has 0 aliphatic carbocycles. The molecule has 1 aromatic rings. The van der Waals surface area contributed by atoms with Gasteiger partial charge in [0.2, 0.25) is 0 Å². The Labute approximate surface area is 66.3 Å². The average molecular weight is 179 g/mol. The molecule has 0 saturated heterocycles. The Hall–Kier alpha value is -0.410. The largest absolute Gasteiger partial charge is 0.508 e. The second-order valence-corrected chi connectivity index (χ2v) is 2.75. The van der Waals surface area contributed by atoms with E-state index in [9.17, 15) is 4.39 Å². The quantitative estimate of drug-likeness (QED) is 0.714. The van der Waals surface area contributed by atoms with E-state index in [-0.39, 0.29) is 5.75 Å². The number of halogens is 2. The van der Waals surface area contributed by atoms with Gasteiger partial charge in [0.05, 0.1) is 4.90 Å². The van der Waals surface area contributed by atoms with Gasteiger partial charge in [-0.1, -0.05) is 0 Å². The average Bonchev–Trinajstić information content (AvgIpc) is 1.88.